The molecule has 0 aromatic heterocycles. The molecule has 0 saturated carbocycles. The van der Waals surface area contributed by atoms with Crippen LogP contribution in [0.1, 0.15) is 36.1 Å². The number of fused-ring (bicyclic) bond motifs is 1. The lowest BCUT2D eigenvalue weighted by atomic mass is 9.98. The highest BCUT2D eigenvalue weighted by Crippen LogP contribution is 2.34. The van der Waals surface area contributed by atoms with Gasteiger partial charge in [-0.05, 0) is 54.1 Å². The molecule has 1 aliphatic rings. The second-order valence-corrected chi connectivity index (χ2v) is 5.35. The van der Waals surface area contributed by atoms with Crippen molar-refractivity contribution in [3.05, 3.63) is 59.2 Å². The first kappa shape index (κ1) is 12.4. The number of hydrogen-bond donors (Lipinski definition) is 1. The van der Waals surface area contributed by atoms with E-state index in [0.717, 1.165) is 6.42 Å². The number of aryl methyl sites for hydroxylation is 2. The molecule has 0 heterocycles. The van der Waals surface area contributed by atoms with Gasteiger partial charge in [0.15, 0.2) is 0 Å². The first-order valence-corrected chi connectivity index (χ1v) is 7.21. The van der Waals surface area contributed by atoms with Crippen molar-refractivity contribution < 1.29 is 0 Å². The van der Waals surface area contributed by atoms with Gasteiger partial charge in [0.25, 0.3) is 0 Å². The van der Waals surface area contributed by atoms with Crippen LogP contribution in [0.3, 0.4) is 0 Å². The molecule has 1 aliphatic carbocycles. The van der Waals surface area contributed by atoms with E-state index in [9.17, 15) is 0 Å². The van der Waals surface area contributed by atoms with Crippen molar-refractivity contribution in [1.82, 2.24) is 5.32 Å². The molecule has 1 heteroatoms. The zero-order chi connectivity index (χ0) is 13.2. The Morgan fingerprint density at radius 2 is 1.95 bits per heavy atom. The molecule has 1 unspecified atom stereocenters. The van der Waals surface area contributed by atoms with Crippen LogP contribution in [-0.2, 0) is 12.8 Å². The third-order valence-electron chi connectivity index (χ3n) is 4.24. The quantitative estimate of drug-likeness (QED) is 0.865. The third-order valence-corrected chi connectivity index (χ3v) is 4.24. The summed E-state index contributed by atoms with van der Waals surface area (Å²) in [6.07, 6.45) is 3.52. The third kappa shape index (κ3) is 2.31. The van der Waals surface area contributed by atoms with Gasteiger partial charge in [-0.15, -0.1) is 0 Å². The van der Waals surface area contributed by atoms with Gasteiger partial charge in [-0.3, -0.25) is 0 Å². The minimum absolute atomic E-state index is 0.547. The molecule has 1 N–H and O–H groups in total. The highest BCUT2D eigenvalue weighted by Gasteiger charge is 2.20. The van der Waals surface area contributed by atoms with Crippen LogP contribution in [0.4, 0.5) is 0 Å². The maximum Gasteiger partial charge on any atom is 0.0323 e. The van der Waals surface area contributed by atoms with E-state index in [1.165, 1.54) is 40.7 Å². The second kappa shape index (κ2) is 5.18. The maximum atomic E-state index is 3.40. The van der Waals surface area contributed by atoms with Crippen LogP contribution in [0.2, 0.25) is 0 Å². The predicted molar refractivity (Wildman–Crippen MR) is 81.4 cm³/mol. The first-order chi connectivity index (χ1) is 9.31. The summed E-state index contributed by atoms with van der Waals surface area (Å²) >= 11 is 0. The van der Waals surface area contributed by atoms with Crippen molar-refractivity contribution in [3.63, 3.8) is 0 Å². The van der Waals surface area contributed by atoms with Crippen LogP contribution >= 0.6 is 0 Å². The zero-order valence-corrected chi connectivity index (χ0v) is 11.7. The Morgan fingerprint density at radius 3 is 2.74 bits per heavy atom. The fourth-order valence-corrected chi connectivity index (χ4v) is 3.07. The van der Waals surface area contributed by atoms with Gasteiger partial charge in [0.1, 0.15) is 0 Å². The van der Waals surface area contributed by atoms with Crippen LogP contribution in [0, 0.1) is 0 Å². The molecular weight excluding hydrogens is 230 g/mol. The molecule has 0 bridgehead atoms. The average molecular weight is 251 g/mol. The van der Waals surface area contributed by atoms with E-state index in [-0.39, 0.29) is 0 Å². The minimum Gasteiger partial charge on any atom is -0.313 e. The summed E-state index contributed by atoms with van der Waals surface area (Å²) in [5.41, 5.74) is 7.10. The van der Waals surface area contributed by atoms with Crippen molar-refractivity contribution in [2.75, 3.05) is 7.05 Å². The van der Waals surface area contributed by atoms with Crippen LogP contribution < -0.4 is 5.32 Å². The molecule has 0 amide bonds. The molecule has 0 aliphatic heterocycles. The smallest absolute Gasteiger partial charge is 0.0323 e. The fourth-order valence-electron chi connectivity index (χ4n) is 3.07. The molecule has 0 radical (unpaired) electrons. The molecular formula is C18H21N. The Hall–Kier alpha value is -1.60. The normalized spacial score (nSPS) is 17.5. The van der Waals surface area contributed by atoms with Crippen LogP contribution in [0.25, 0.3) is 11.1 Å². The Kier molecular flexibility index (Phi) is 3.39. The van der Waals surface area contributed by atoms with Crippen molar-refractivity contribution in [2.45, 2.75) is 32.2 Å². The Labute approximate surface area is 115 Å². The lowest BCUT2D eigenvalue weighted by Gasteiger charge is -2.11. The van der Waals surface area contributed by atoms with Gasteiger partial charge in [0, 0.05) is 6.04 Å². The van der Waals surface area contributed by atoms with Crippen molar-refractivity contribution in [3.8, 4) is 11.1 Å². The SMILES string of the molecule is CCc1cccc(-c2ccc3c(c2)CCC3NC)c1. The van der Waals surface area contributed by atoms with Crippen LogP contribution in [0.15, 0.2) is 42.5 Å². The van der Waals surface area contributed by atoms with E-state index in [2.05, 4.69) is 61.8 Å². The summed E-state index contributed by atoms with van der Waals surface area (Å²) < 4.78 is 0. The van der Waals surface area contributed by atoms with Gasteiger partial charge in [0.05, 0.1) is 0 Å². The highest BCUT2D eigenvalue weighted by molar-refractivity contribution is 5.66. The van der Waals surface area contributed by atoms with E-state index in [1.54, 1.807) is 0 Å². The predicted octanol–water partition coefficient (Wildman–Crippen LogP) is 4.12. The molecule has 2 aromatic carbocycles. The molecule has 1 nitrogen and oxygen atoms in total. The largest absolute Gasteiger partial charge is 0.313 e. The van der Waals surface area contributed by atoms with Gasteiger partial charge in [-0.25, -0.2) is 0 Å². The maximum absolute atomic E-state index is 3.40. The number of rotatable bonds is 3. The molecule has 1 atom stereocenters. The lowest BCUT2D eigenvalue weighted by Crippen LogP contribution is -2.12. The molecule has 3 rings (SSSR count). The van der Waals surface area contributed by atoms with Crippen LogP contribution in [0.5, 0.6) is 0 Å². The van der Waals surface area contributed by atoms with Gasteiger partial charge in [0.2, 0.25) is 0 Å². The van der Waals surface area contributed by atoms with Crippen molar-refractivity contribution in [1.29, 1.82) is 0 Å². The molecule has 0 saturated heterocycles. The van der Waals surface area contributed by atoms with Crippen molar-refractivity contribution in [2.24, 2.45) is 0 Å². The Morgan fingerprint density at radius 1 is 1.11 bits per heavy atom. The minimum atomic E-state index is 0.547. The zero-order valence-electron chi connectivity index (χ0n) is 11.7. The molecule has 19 heavy (non-hydrogen) atoms. The molecule has 2 aromatic rings. The van der Waals surface area contributed by atoms with E-state index < -0.39 is 0 Å². The number of benzene rings is 2. The van der Waals surface area contributed by atoms with E-state index in [1.807, 2.05) is 0 Å². The molecule has 98 valence electrons. The van der Waals surface area contributed by atoms with Crippen LogP contribution in [-0.4, -0.2) is 7.05 Å². The highest BCUT2D eigenvalue weighted by atomic mass is 14.9. The van der Waals surface area contributed by atoms with E-state index in [0.29, 0.717) is 6.04 Å². The van der Waals surface area contributed by atoms with Gasteiger partial charge >= 0.3 is 0 Å². The summed E-state index contributed by atoms with van der Waals surface area (Å²) in [5.74, 6) is 0. The summed E-state index contributed by atoms with van der Waals surface area (Å²) in [7, 11) is 2.05. The Balaban J connectivity index is 1.98. The monoisotopic (exact) mass is 251 g/mol. The lowest BCUT2D eigenvalue weighted by molar-refractivity contribution is 0.590. The Bertz CT molecular complexity index is 586. The summed E-state index contributed by atoms with van der Waals surface area (Å²) in [4.78, 5) is 0. The van der Waals surface area contributed by atoms with Gasteiger partial charge in [-0.1, -0.05) is 49.4 Å². The first-order valence-electron chi connectivity index (χ1n) is 7.21. The average Bonchev–Trinajstić information content (AvgIpc) is 2.89. The van der Waals surface area contributed by atoms with Gasteiger partial charge < -0.3 is 5.32 Å². The number of hydrogen-bond acceptors (Lipinski definition) is 1. The topological polar surface area (TPSA) is 12.0 Å². The number of nitrogens with one attached hydrogen (secondary N) is 1. The van der Waals surface area contributed by atoms with E-state index >= 15 is 0 Å². The van der Waals surface area contributed by atoms with Gasteiger partial charge in [-0.2, -0.15) is 0 Å². The standard InChI is InChI=1S/C18H21N/c1-3-13-5-4-6-14(11-13)15-7-9-17-16(12-15)8-10-18(17)19-2/h4-7,9,11-12,18-19H,3,8,10H2,1-2H3. The van der Waals surface area contributed by atoms with Crippen molar-refractivity contribution >= 4 is 0 Å². The fraction of sp³-hybridized carbons (Fsp3) is 0.333. The molecule has 0 fully saturated rings. The summed E-state index contributed by atoms with van der Waals surface area (Å²) in [6.45, 7) is 2.21. The molecule has 0 spiro atoms. The summed E-state index contributed by atoms with van der Waals surface area (Å²) in [5, 5.41) is 3.40. The second-order valence-electron chi connectivity index (χ2n) is 5.35. The summed E-state index contributed by atoms with van der Waals surface area (Å²) in [6, 6.07) is 16.4. The van der Waals surface area contributed by atoms with E-state index in [4.69, 9.17) is 0 Å².